The third-order valence-corrected chi connectivity index (χ3v) is 6.53. The molecule has 1 aliphatic heterocycles. The number of nitrogens with one attached hydrogen (secondary N) is 1. The zero-order chi connectivity index (χ0) is 27.4. The maximum absolute atomic E-state index is 13.6. The number of halogens is 1. The van der Waals surface area contributed by atoms with Crippen molar-refractivity contribution in [3.05, 3.63) is 75.6 Å². The molecular formula is C27H29FN6O5. The van der Waals surface area contributed by atoms with Gasteiger partial charge in [0.25, 0.3) is 5.56 Å². The van der Waals surface area contributed by atoms with Crippen LogP contribution in [0, 0.1) is 5.82 Å². The second kappa shape index (κ2) is 11.6. The third kappa shape index (κ3) is 5.90. The molecule has 1 atom stereocenters. The van der Waals surface area contributed by atoms with Gasteiger partial charge in [0.1, 0.15) is 25.6 Å². The molecule has 0 aliphatic carbocycles. The van der Waals surface area contributed by atoms with Crippen LogP contribution in [0.5, 0.6) is 11.5 Å². The summed E-state index contributed by atoms with van der Waals surface area (Å²) in [7, 11) is 0. The first kappa shape index (κ1) is 26.3. The van der Waals surface area contributed by atoms with E-state index in [2.05, 4.69) is 20.5 Å². The SMILES string of the molecule is CCOC(=O)Cn1nnnc1[C@H](CC)N(Cc1ccc(F)cc1)Cc1cc2cc3c(cc2[nH]c1=O)OCCO3. The van der Waals surface area contributed by atoms with Crippen LogP contribution in [0.25, 0.3) is 10.9 Å². The zero-order valence-electron chi connectivity index (χ0n) is 21.7. The number of carbonyl (C=O) groups excluding carboxylic acids is 1. The van der Waals surface area contributed by atoms with Crippen LogP contribution in [0.2, 0.25) is 0 Å². The number of hydrogen-bond acceptors (Lipinski definition) is 9. The molecule has 0 bridgehead atoms. The summed E-state index contributed by atoms with van der Waals surface area (Å²) in [5.74, 6) is 0.890. The lowest BCUT2D eigenvalue weighted by atomic mass is 10.1. The van der Waals surface area contributed by atoms with Gasteiger partial charge in [0, 0.05) is 30.1 Å². The average molecular weight is 537 g/mol. The Kier molecular flexibility index (Phi) is 7.82. The fourth-order valence-corrected chi connectivity index (χ4v) is 4.72. The van der Waals surface area contributed by atoms with Gasteiger partial charge in [-0.05, 0) is 53.6 Å². The Bertz CT molecular complexity index is 1520. The van der Waals surface area contributed by atoms with E-state index < -0.39 is 5.97 Å². The van der Waals surface area contributed by atoms with Crippen molar-refractivity contribution in [3.63, 3.8) is 0 Å². The number of rotatable bonds is 10. The van der Waals surface area contributed by atoms with E-state index in [-0.39, 0.29) is 37.1 Å². The fraction of sp³-hybridized carbons (Fsp3) is 0.370. The second-order valence-corrected chi connectivity index (χ2v) is 9.16. The number of nitrogens with zero attached hydrogens (tertiary/aromatic N) is 5. The molecule has 39 heavy (non-hydrogen) atoms. The summed E-state index contributed by atoms with van der Waals surface area (Å²) in [4.78, 5) is 30.4. The predicted octanol–water partition coefficient (Wildman–Crippen LogP) is 3.14. The molecule has 0 saturated heterocycles. The van der Waals surface area contributed by atoms with Gasteiger partial charge >= 0.3 is 5.97 Å². The minimum Gasteiger partial charge on any atom is -0.486 e. The van der Waals surface area contributed by atoms with Crippen molar-refractivity contribution < 1.29 is 23.4 Å². The first-order valence-corrected chi connectivity index (χ1v) is 12.8. The Morgan fingerprint density at radius 1 is 1.13 bits per heavy atom. The van der Waals surface area contributed by atoms with E-state index >= 15 is 0 Å². The standard InChI is InChI=1S/C27H29FN6O5/c1-3-22(26-30-31-32-34(26)16-25(35)37-4-2)33(14-17-5-7-20(28)8-6-17)15-19-11-18-12-23-24(39-10-9-38-23)13-21(18)29-27(19)36/h5-8,11-13,22H,3-4,9-10,14-16H2,1-2H3,(H,29,36)/t22-/m0/s1. The van der Waals surface area contributed by atoms with Gasteiger partial charge in [-0.1, -0.05) is 19.1 Å². The number of aromatic amines is 1. The molecule has 204 valence electrons. The molecule has 2 aromatic heterocycles. The molecule has 3 heterocycles. The zero-order valence-corrected chi connectivity index (χ0v) is 21.7. The van der Waals surface area contributed by atoms with Crippen molar-refractivity contribution >= 4 is 16.9 Å². The van der Waals surface area contributed by atoms with Crippen LogP contribution >= 0.6 is 0 Å². The second-order valence-electron chi connectivity index (χ2n) is 9.16. The molecule has 11 nitrogen and oxygen atoms in total. The summed E-state index contributed by atoms with van der Waals surface area (Å²) in [5.41, 5.74) is 1.76. The van der Waals surface area contributed by atoms with Crippen molar-refractivity contribution in [1.29, 1.82) is 0 Å². The number of hydrogen-bond donors (Lipinski definition) is 1. The van der Waals surface area contributed by atoms with Crippen molar-refractivity contribution in [2.24, 2.45) is 0 Å². The number of aromatic nitrogens is 5. The summed E-state index contributed by atoms with van der Waals surface area (Å²) in [5, 5.41) is 12.8. The van der Waals surface area contributed by atoms with Crippen LogP contribution in [0.15, 0.2) is 47.3 Å². The molecule has 12 heteroatoms. The number of esters is 1. The highest BCUT2D eigenvalue weighted by molar-refractivity contribution is 5.83. The van der Waals surface area contributed by atoms with Crippen LogP contribution in [0.3, 0.4) is 0 Å². The minimum absolute atomic E-state index is 0.138. The number of benzene rings is 2. The van der Waals surface area contributed by atoms with Crippen molar-refractivity contribution in [2.45, 2.75) is 45.9 Å². The van der Waals surface area contributed by atoms with E-state index in [0.717, 1.165) is 10.9 Å². The number of fused-ring (bicyclic) bond motifs is 2. The lowest BCUT2D eigenvalue weighted by Gasteiger charge is -2.30. The van der Waals surface area contributed by atoms with Gasteiger partial charge < -0.3 is 19.2 Å². The Labute approximate surface area is 223 Å². The van der Waals surface area contributed by atoms with Crippen LogP contribution < -0.4 is 15.0 Å². The molecule has 0 amide bonds. The van der Waals surface area contributed by atoms with E-state index in [4.69, 9.17) is 14.2 Å². The maximum Gasteiger partial charge on any atom is 0.327 e. The molecule has 0 fully saturated rings. The van der Waals surface area contributed by atoms with E-state index in [1.54, 1.807) is 25.1 Å². The number of H-pyrrole nitrogens is 1. The Morgan fingerprint density at radius 2 is 1.87 bits per heavy atom. The van der Waals surface area contributed by atoms with Gasteiger partial charge in [-0.25, -0.2) is 9.07 Å². The van der Waals surface area contributed by atoms with Gasteiger partial charge in [0.05, 0.1) is 18.2 Å². The van der Waals surface area contributed by atoms with Crippen LogP contribution in [0.4, 0.5) is 4.39 Å². The quantitative estimate of drug-likeness (QED) is 0.304. The van der Waals surface area contributed by atoms with Crippen LogP contribution in [-0.2, 0) is 29.2 Å². The summed E-state index contributed by atoms with van der Waals surface area (Å²) in [6, 6.07) is 11.3. The molecule has 1 N–H and O–H groups in total. The number of carbonyl (C=O) groups is 1. The fourth-order valence-electron chi connectivity index (χ4n) is 4.72. The van der Waals surface area contributed by atoms with Crippen molar-refractivity contribution in [1.82, 2.24) is 30.1 Å². The summed E-state index contributed by atoms with van der Waals surface area (Å²) in [6.07, 6.45) is 0.578. The highest BCUT2D eigenvalue weighted by Crippen LogP contribution is 2.34. The summed E-state index contributed by atoms with van der Waals surface area (Å²) in [6.45, 7) is 5.33. The Hall–Kier alpha value is -4.32. The van der Waals surface area contributed by atoms with Crippen LogP contribution in [-0.4, -0.2) is 55.9 Å². The third-order valence-electron chi connectivity index (χ3n) is 6.53. The van der Waals surface area contributed by atoms with Gasteiger partial charge in [-0.15, -0.1) is 5.10 Å². The monoisotopic (exact) mass is 536 g/mol. The molecule has 2 aromatic carbocycles. The Morgan fingerprint density at radius 3 is 2.59 bits per heavy atom. The van der Waals surface area contributed by atoms with E-state index in [9.17, 15) is 14.0 Å². The first-order valence-electron chi connectivity index (χ1n) is 12.8. The highest BCUT2D eigenvalue weighted by Gasteiger charge is 2.27. The van der Waals surface area contributed by atoms with Gasteiger partial charge in [-0.3, -0.25) is 14.5 Å². The van der Waals surface area contributed by atoms with Crippen molar-refractivity contribution in [3.8, 4) is 11.5 Å². The average Bonchev–Trinajstić information content (AvgIpc) is 3.37. The molecule has 0 saturated carbocycles. The predicted molar refractivity (Wildman–Crippen MR) is 139 cm³/mol. The largest absolute Gasteiger partial charge is 0.486 e. The number of tetrazole rings is 1. The highest BCUT2D eigenvalue weighted by atomic mass is 19.1. The minimum atomic E-state index is -0.452. The lowest BCUT2D eigenvalue weighted by molar-refractivity contribution is -0.144. The lowest BCUT2D eigenvalue weighted by Crippen LogP contribution is -2.33. The Balaban J connectivity index is 1.51. The summed E-state index contributed by atoms with van der Waals surface area (Å²) >= 11 is 0. The van der Waals surface area contributed by atoms with Crippen LogP contribution in [0.1, 0.15) is 43.3 Å². The molecule has 0 radical (unpaired) electrons. The van der Waals surface area contributed by atoms with E-state index in [1.165, 1.54) is 16.8 Å². The van der Waals surface area contributed by atoms with Gasteiger partial charge in [0.2, 0.25) is 0 Å². The normalized spacial score (nSPS) is 13.5. The van der Waals surface area contributed by atoms with Crippen molar-refractivity contribution in [2.75, 3.05) is 19.8 Å². The molecular weight excluding hydrogens is 507 g/mol. The van der Waals surface area contributed by atoms with E-state index in [1.807, 2.05) is 24.0 Å². The van der Waals surface area contributed by atoms with Gasteiger partial charge in [0.15, 0.2) is 17.3 Å². The smallest absolute Gasteiger partial charge is 0.327 e. The molecule has 1 aliphatic rings. The maximum atomic E-state index is 13.6. The molecule has 0 spiro atoms. The molecule has 0 unspecified atom stereocenters. The molecule has 4 aromatic rings. The number of ether oxygens (including phenoxy) is 3. The van der Waals surface area contributed by atoms with Gasteiger partial charge in [-0.2, -0.15) is 0 Å². The first-order chi connectivity index (χ1) is 18.9. The summed E-state index contributed by atoms with van der Waals surface area (Å²) < 4.78 is 31.5. The van der Waals surface area contributed by atoms with E-state index in [0.29, 0.717) is 54.6 Å². The number of pyridine rings is 1. The molecule has 5 rings (SSSR count). The topological polar surface area (TPSA) is 124 Å².